The van der Waals surface area contributed by atoms with E-state index >= 15 is 0 Å². The van der Waals surface area contributed by atoms with Crippen molar-refractivity contribution in [3.63, 3.8) is 0 Å². The second-order valence-electron chi connectivity index (χ2n) is 4.62. The standard InChI is InChI=1S/C15H20N2O2.ClH/c1-19-14-4-2-12(3-5-14)10-15(18)17-11-13-6-8-16-9-7-13;/h2-6,16H,7-11H2,1H3,(H,17,18);1H. The second-order valence-corrected chi connectivity index (χ2v) is 4.62. The zero-order valence-electron chi connectivity index (χ0n) is 11.6. The molecule has 0 saturated heterocycles. The van der Waals surface area contributed by atoms with E-state index in [0.29, 0.717) is 13.0 Å². The van der Waals surface area contributed by atoms with Gasteiger partial charge in [-0.3, -0.25) is 4.79 Å². The number of halogens is 1. The topological polar surface area (TPSA) is 50.4 Å². The van der Waals surface area contributed by atoms with Gasteiger partial charge in [-0.1, -0.05) is 23.8 Å². The molecule has 0 atom stereocenters. The lowest BCUT2D eigenvalue weighted by atomic mass is 10.1. The molecule has 0 aromatic heterocycles. The molecule has 2 N–H and O–H groups in total. The molecule has 0 saturated carbocycles. The molecule has 1 aliphatic heterocycles. The Hall–Kier alpha value is -1.52. The Bertz CT molecular complexity index is 457. The van der Waals surface area contributed by atoms with Crippen LogP contribution in [0.15, 0.2) is 35.9 Å². The molecule has 1 aliphatic rings. The van der Waals surface area contributed by atoms with Gasteiger partial charge in [0.15, 0.2) is 0 Å². The van der Waals surface area contributed by atoms with Crippen molar-refractivity contribution in [3.8, 4) is 5.75 Å². The van der Waals surface area contributed by atoms with Gasteiger partial charge in [0.2, 0.25) is 5.91 Å². The molecule has 4 nitrogen and oxygen atoms in total. The van der Waals surface area contributed by atoms with E-state index < -0.39 is 0 Å². The fraction of sp³-hybridized carbons (Fsp3) is 0.400. The molecule has 0 aliphatic carbocycles. The highest BCUT2D eigenvalue weighted by molar-refractivity contribution is 5.85. The summed E-state index contributed by atoms with van der Waals surface area (Å²) in [4.78, 5) is 11.8. The molecule has 0 bridgehead atoms. The van der Waals surface area contributed by atoms with Crippen molar-refractivity contribution in [2.45, 2.75) is 12.8 Å². The average Bonchev–Trinajstić information content (AvgIpc) is 2.47. The quantitative estimate of drug-likeness (QED) is 0.813. The van der Waals surface area contributed by atoms with Crippen molar-refractivity contribution >= 4 is 18.3 Å². The van der Waals surface area contributed by atoms with Crippen LogP contribution in [0.3, 0.4) is 0 Å². The number of amides is 1. The molecule has 1 aromatic carbocycles. The van der Waals surface area contributed by atoms with Gasteiger partial charge in [0.1, 0.15) is 5.75 Å². The second kappa shape index (κ2) is 8.61. The Morgan fingerprint density at radius 1 is 1.35 bits per heavy atom. The highest BCUT2D eigenvalue weighted by atomic mass is 35.5. The molecule has 0 unspecified atom stereocenters. The van der Waals surface area contributed by atoms with Crippen molar-refractivity contribution < 1.29 is 9.53 Å². The largest absolute Gasteiger partial charge is 0.497 e. The lowest BCUT2D eigenvalue weighted by Gasteiger charge is -2.14. The van der Waals surface area contributed by atoms with Gasteiger partial charge in [0, 0.05) is 13.1 Å². The molecule has 2 rings (SSSR count). The molecule has 1 aromatic rings. The number of hydrogen-bond donors (Lipinski definition) is 2. The lowest BCUT2D eigenvalue weighted by Crippen LogP contribution is -2.30. The molecule has 0 spiro atoms. The number of carbonyl (C=O) groups is 1. The third-order valence-electron chi connectivity index (χ3n) is 3.19. The highest BCUT2D eigenvalue weighted by Crippen LogP contribution is 2.11. The molecular formula is C15H21ClN2O2. The number of carbonyl (C=O) groups excluding carboxylic acids is 1. The molecular weight excluding hydrogens is 276 g/mol. The molecule has 0 radical (unpaired) electrons. The zero-order chi connectivity index (χ0) is 13.5. The number of ether oxygens (including phenoxy) is 1. The Balaban J connectivity index is 0.00000200. The van der Waals surface area contributed by atoms with Gasteiger partial charge in [-0.05, 0) is 30.7 Å². The first-order valence-electron chi connectivity index (χ1n) is 6.56. The first-order chi connectivity index (χ1) is 9.28. The highest BCUT2D eigenvalue weighted by Gasteiger charge is 2.06. The predicted octanol–water partition coefficient (Wildman–Crippen LogP) is 1.70. The van der Waals surface area contributed by atoms with E-state index in [1.165, 1.54) is 5.57 Å². The monoisotopic (exact) mass is 296 g/mol. The van der Waals surface area contributed by atoms with Crippen LogP contribution in [0.4, 0.5) is 0 Å². The van der Waals surface area contributed by atoms with Crippen LogP contribution in [-0.4, -0.2) is 32.7 Å². The summed E-state index contributed by atoms with van der Waals surface area (Å²) >= 11 is 0. The normalized spacial score (nSPS) is 13.9. The van der Waals surface area contributed by atoms with Crippen molar-refractivity contribution in [1.82, 2.24) is 10.6 Å². The van der Waals surface area contributed by atoms with Crippen LogP contribution in [-0.2, 0) is 11.2 Å². The van der Waals surface area contributed by atoms with E-state index in [4.69, 9.17) is 4.74 Å². The van der Waals surface area contributed by atoms with Crippen molar-refractivity contribution in [2.24, 2.45) is 0 Å². The van der Waals surface area contributed by atoms with Crippen LogP contribution in [0.25, 0.3) is 0 Å². The Labute approximate surface area is 126 Å². The van der Waals surface area contributed by atoms with Gasteiger partial charge >= 0.3 is 0 Å². The summed E-state index contributed by atoms with van der Waals surface area (Å²) < 4.78 is 5.09. The maximum atomic E-state index is 11.8. The van der Waals surface area contributed by atoms with Gasteiger partial charge in [-0.15, -0.1) is 12.4 Å². The molecule has 0 fully saturated rings. The first kappa shape index (κ1) is 16.5. The van der Waals surface area contributed by atoms with Crippen LogP contribution in [0.1, 0.15) is 12.0 Å². The van der Waals surface area contributed by atoms with E-state index in [1.54, 1.807) is 7.11 Å². The van der Waals surface area contributed by atoms with Crippen molar-refractivity contribution in [3.05, 3.63) is 41.5 Å². The molecule has 20 heavy (non-hydrogen) atoms. The van der Waals surface area contributed by atoms with Crippen LogP contribution < -0.4 is 15.4 Å². The van der Waals surface area contributed by atoms with Gasteiger partial charge in [0.05, 0.1) is 13.5 Å². The summed E-state index contributed by atoms with van der Waals surface area (Å²) in [6.45, 7) is 2.57. The smallest absolute Gasteiger partial charge is 0.224 e. The average molecular weight is 297 g/mol. The summed E-state index contributed by atoms with van der Waals surface area (Å²) in [5.74, 6) is 0.869. The van der Waals surface area contributed by atoms with E-state index in [9.17, 15) is 4.79 Å². The fourth-order valence-corrected chi connectivity index (χ4v) is 2.03. The van der Waals surface area contributed by atoms with Gasteiger partial charge in [0.25, 0.3) is 0 Å². The molecule has 1 heterocycles. The van der Waals surface area contributed by atoms with E-state index in [1.807, 2.05) is 24.3 Å². The Morgan fingerprint density at radius 2 is 2.10 bits per heavy atom. The summed E-state index contributed by atoms with van der Waals surface area (Å²) in [6, 6.07) is 7.58. The maximum absolute atomic E-state index is 11.8. The molecule has 110 valence electrons. The molecule has 5 heteroatoms. The van der Waals surface area contributed by atoms with Gasteiger partial charge in [-0.2, -0.15) is 0 Å². The minimum Gasteiger partial charge on any atom is -0.497 e. The zero-order valence-corrected chi connectivity index (χ0v) is 12.5. The SMILES string of the molecule is COc1ccc(CC(=O)NCC2=CCNCC2)cc1.Cl. The predicted molar refractivity (Wildman–Crippen MR) is 82.5 cm³/mol. The third-order valence-corrected chi connectivity index (χ3v) is 3.19. The van der Waals surface area contributed by atoms with Crippen LogP contribution in [0, 0.1) is 0 Å². The summed E-state index contributed by atoms with van der Waals surface area (Å²) in [5.41, 5.74) is 2.31. The summed E-state index contributed by atoms with van der Waals surface area (Å²) in [6.07, 6.45) is 3.58. The first-order valence-corrected chi connectivity index (χ1v) is 6.56. The van der Waals surface area contributed by atoms with E-state index in [2.05, 4.69) is 16.7 Å². The fourth-order valence-electron chi connectivity index (χ4n) is 2.03. The number of rotatable bonds is 5. The minimum absolute atomic E-state index is 0. The lowest BCUT2D eigenvalue weighted by molar-refractivity contribution is -0.120. The number of hydrogen-bond acceptors (Lipinski definition) is 3. The van der Waals surface area contributed by atoms with Crippen LogP contribution >= 0.6 is 12.4 Å². The van der Waals surface area contributed by atoms with E-state index in [0.717, 1.165) is 30.8 Å². The molecule has 1 amide bonds. The van der Waals surface area contributed by atoms with Crippen LogP contribution in [0.5, 0.6) is 5.75 Å². The summed E-state index contributed by atoms with van der Waals surface area (Å²) in [5, 5.41) is 6.22. The number of nitrogens with one attached hydrogen (secondary N) is 2. The number of benzene rings is 1. The third kappa shape index (κ3) is 5.23. The minimum atomic E-state index is 0. The van der Waals surface area contributed by atoms with Gasteiger partial charge in [-0.25, -0.2) is 0 Å². The maximum Gasteiger partial charge on any atom is 0.224 e. The van der Waals surface area contributed by atoms with Crippen LogP contribution in [0.2, 0.25) is 0 Å². The van der Waals surface area contributed by atoms with E-state index in [-0.39, 0.29) is 18.3 Å². The van der Waals surface area contributed by atoms with Crippen molar-refractivity contribution in [2.75, 3.05) is 26.7 Å². The Morgan fingerprint density at radius 3 is 2.70 bits per heavy atom. The number of methoxy groups -OCH3 is 1. The van der Waals surface area contributed by atoms with Crippen molar-refractivity contribution in [1.29, 1.82) is 0 Å². The summed E-state index contributed by atoms with van der Waals surface area (Å²) in [7, 11) is 1.63. The van der Waals surface area contributed by atoms with Gasteiger partial charge < -0.3 is 15.4 Å². The Kier molecular flexibility index (Phi) is 7.12.